The SMILES string of the molecule is CC(C)N1CC(=O)C(C(=O)C2C(/C=C(\Cl)C(F)(F)F)C2(C)C)C1=O. The molecule has 1 saturated carbocycles. The van der Waals surface area contributed by atoms with E-state index in [-0.39, 0.29) is 12.6 Å². The molecule has 1 amide bonds. The number of rotatable bonds is 4. The number of Topliss-reactive ketones (excluding diaryl/α,β-unsaturated/α-hetero) is 2. The van der Waals surface area contributed by atoms with Gasteiger partial charge in [0.2, 0.25) is 5.91 Å². The average molecular weight is 366 g/mol. The summed E-state index contributed by atoms with van der Waals surface area (Å²) in [6.45, 7) is 6.58. The molecule has 134 valence electrons. The summed E-state index contributed by atoms with van der Waals surface area (Å²) in [5.41, 5.74) is -0.770. The molecule has 1 aliphatic heterocycles. The number of carbonyl (C=O) groups is 3. The van der Waals surface area contributed by atoms with E-state index in [1.165, 1.54) is 4.90 Å². The maximum atomic E-state index is 12.6. The lowest BCUT2D eigenvalue weighted by Gasteiger charge is -2.19. The molecule has 1 heterocycles. The molecule has 24 heavy (non-hydrogen) atoms. The number of nitrogens with zero attached hydrogens (tertiary/aromatic N) is 1. The fraction of sp³-hybridized carbons (Fsp3) is 0.688. The first-order chi connectivity index (χ1) is 10.8. The van der Waals surface area contributed by atoms with E-state index in [1.807, 2.05) is 0 Å². The number of carbonyl (C=O) groups excluding carboxylic acids is 3. The number of alkyl halides is 3. The van der Waals surface area contributed by atoms with Crippen LogP contribution in [0.3, 0.4) is 0 Å². The number of hydrogen-bond donors (Lipinski definition) is 0. The number of likely N-dealkylation sites (tertiary alicyclic amines) is 1. The highest BCUT2D eigenvalue weighted by atomic mass is 35.5. The van der Waals surface area contributed by atoms with Gasteiger partial charge in [-0.1, -0.05) is 31.5 Å². The third-order valence-electron chi connectivity index (χ3n) is 4.90. The van der Waals surface area contributed by atoms with Crippen molar-refractivity contribution in [3.8, 4) is 0 Å². The van der Waals surface area contributed by atoms with Gasteiger partial charge in [-0.05, 0) is 25.2 Å². The van der Waals surface area contributed by atoms with E-state index >= 15 is 0 Å². The van der Waals surface area contributed by atoms with E-state index in [0.717, 1.165) is 6.08 Å². The molecule has 0 spiro atoms. The molecule has 2 aliphatic rings. The first kappa shape index (κ1) is 19.0. The molecule has 2 rings (SSSR count). The van der Waals surface area contributed by atoms with Crippen molar-refractivity contribution < 1.29 is 27.6 Å². The number of hydrogen-bond acceptors (Lipinski definition) is 3. The third-order valence-corrected chi connectivity index (χ3v) is 5.24. The molecule has 0 bridgehead atoms. The Kier molecular flexibility index (Phi) is 4.63. The number of halogens is 4. The van der Waals surface area contributed by atoms with Gasteiger partial charge in [0.1, 0.15) is 5.03 Å². The van der Waals surface area contributed by atoms with Gasteiger partial charge in [-0.15, -0.1) is 0 Å². The number of allylic oxidation sites excluding steroid dienone is 2. The standard InChI is InChI=1S/C16H19ClF3NO3/c1-7(2)21-6-9(22)11(14(21)24)13(23)12-8(15(12,3)4)5-10(17)16(18,19)20/h5,7-8,11-12H,6H2,1-4H3/b10-5-. The van der Waals surface area contributed by atoms with Gasteiger partial charge < -0.3 is 4.90 Å². The van der Waals surface area contributed by atoms with Crippen LogP contribution < -0.4 is 0 Å². The largest absolute Gasteiger partial charge is 0.426 e. The van der Waals surface area contributed by atoms with Gasteiger partial charge in [0.15, 0.2) is 17.5 Å². The maximum absolute atomic E-state index is 12.6. The highest BCUT2D eigenvalue weighted by Gasteiger charge is 2.64. The molecule has 0 aromatic rings. The maximum Gasteiger partial charge on any atom is 0.426 e. The summed E-state index contributed by atoms with van der Waals surface area (Å²) in [5, 5.41) is -1.29. The van der Waals surface area contributed by atoms with Crippen LogP contribution in [0.15, 0.2) is 11.1 Å². The first-order valence-corrected chi connectivity index (χ1v) is 7.99. The topological polar surface area (TPSA) is 54.5 Å². The minimum Gasteiger partial charge on any atom is -0.332 e. The summed E-state index contributed by atoms with van der Waals surface area (Å²) in [6, 6.07) is -0.221. The summed E-state index contributed by atoms with van der Waals surface area (Å²) >= 11 is 5.25. The van der Waals surface area contributed by atoms with E-state index in [9.17, 15) is 27.6 Å². The Morgan fingerprint density at radius 2 is 1.88 bits per heavy atom. The Morgan fingerprint density at radius 1 is 1.33 bits per heavy atom. The molecule has 4 nitrogen and oxygen atoms in total. The molecule has 1 aliphatic carbocycles. The first-order valence-electron chi connectivity index (χ1n) is 7.61. The third kappa shape index (κ3) is 3.10. The van der Waals surface area contributed by atoms with Crippen LogP contribution >= 0.6 is 11.6 Å². The van der Waals surface area contributed by atoms with Crippen molar-refractivity contribution in [3.05, 3.63) is 11.1 Å². The zero-order valence-corrected chi connectivity index (χ0v) is 14.5. The minimum absolute atomic E-state index is 0.135. The molecule has 8 heteroatoms. The molecule has 0 aromatic heterocycles. The second-order valence-electron chi connectivity index (χ2n) is 7.20. The van der Waals surface area contributed by atoms with Gasteiger partial charge in [0.05, 0.1) is 6.54 Å². The Hall–Kier alpha value is -1.37. The smallest absolute Gasteiger partial charge is 0.332 e. The fourth-order valence-electron chi connectivity index (χ4n) is 3.32. The van der Waals surface area contributed by atoms with E-state index in [0.29, 0.717) is 0 Å². The summed E-state index contributed by atoms with van der Waals surface area (Å²) in [5.74, 6) is -4.63. The van der Waals surface area contributed by atoms with Crippen molar-refractivity contribution in [3.63, 3.8) is 0 Å². The highest BCUT2D eigenvalue weighted by molar-refractivity contribution is 6.30. The highest BCUT2D eigenvalue weighted by Crippen LogP contribution is 2.61. The Morgan fingerprint density at radius 3 is 2.29 bits per heavy atom. The van der Waals surface area contributed by atoms with Crippen molar-refractivity contribution in [1.29, 1.82) is 0 Å². The van der Waals surface area contributed by atoms with Crippen molar-refractivity contribution in [2.45, 2.75) is 39.9 Å². The summed E-state index contributed by atoms with van der Waals surface area (Å²) < 4.78 is 37.7. The quantitative estimate of drug-likeness (QED) is 0.720. The summed E-state index contributed by atoms with van der Waals surface area (Å²) in [4.78, 5) is 38.3. The van der Waals surface area contributed by atoms with Crippen LogP contribution in [0, 0.1) is 23.2 Å². The van der Waals surface area contributed by atoms with Gasteiger partial charge in [-0.2, -0.15) is 13.2 Å². The Bertz CT molecular complexity index is 625. The van der Waals surface area contributed by atoms with Gasteiger partial charge >= 0.3 is 6.18 Å². The summed E-state index contributed by atoms with van der Waals surface area (Å²) in [6.07, 6.45) is -3.87. The molecule has 3 atom stereocenters. The molecule has 0 radical (unpaired) electrons. The van der Waals surface area contributed by atoms with Gasteiger partial charge in [0, 0.05) is 12.0 Å². The van der Waals surface area contributed by atoms with Crippen LogP contribution in [-0.4, -0.2) is 41.1 Å². The van der Waals surface area contributed by atoms with E-state index in [4.69, 9.17) is 11.6 Å². The average Bonchev–Trinajstić information content (AvgIpc) is 2.79. The lowest BCUT2D eigenvalue weighted by atomic mass is 9.94. The molecular weight excluding hydrogens is 347 g/mol. The van der Waals surface area contributed by atoms with Crippen LogP contribution in [0.5, 0.6) is 0 Å². The molecule has 1 saturated heterocycles. The van der Waals surface area contributed by atoms with Gasteiger partial charge in [0.25, 0.3) is 0 Å². The second kappa shape index (κ2) is 5.86. The molecule has 0 aromatic carbocycles. The van der Waals surface area contributed by atoms with Crippen molar-refractivity contribution in [1.82, 2.24) is 4.90 Å². The van der Waals surface area contributed by atoms with E-state index < -0.39 is 51.9 Å². The number of amides is 1. The lowest BCUT2D eigenvalue weighted by molar-refractivity contribution is -0.140. The second-order valence-corrected chi connectivity index (χ2v) is 7.61. The zero-order chi connectivity index (χ0) is 18.6. The normalized spacial score (nSPS) is 30.3. The van der Waals surface area contributed by atoms with Crippen molar-refractivity contribution in [2.75, 3.05) is 6.54 Å². The molecular formula is C16H19ClF3NO3. The predicted molar refractivity (Wildman–Crippen MR) is 81.1 cm³/mol. The monoisotopic (exact) mass is 365 g/mol. The van der Waals surface area contributed by atoms with E-state index in [2.05, 4.69) is 0 Å². The zero-order valence-electron chi connectivity index (χ0n) is 13.8. The molecule has 0 N–H and O–H groups in total. The van der Waals surface area contributed by atoms with Crippen molar-refractivity contribution in [2.24, 2.45) is 23.2 Å². The van der Waals surface area contributed by atoms with Crippen LogP contribution in [0.25, 0.3) is 0 Å². The van der Waals surface area contributed by atoms with Crippen LogP contribution in [0.1, 0.15) is 27.7 Å². The summed E-state index contributed by atoms with van der Waals surface area (Å²) in [7, 11) is 0. The van der Waals surface area contributed by atoms with Crippen LogP contribution in [-0.2, 0) is 14.4 Å². The lowest BCUT2D eigenvalue weighted by Crippen LogP contribution is -2.36. The van der Waals surface area contributed by atoms with Gasteiger partial charge in [-0.25, -0.2) is 0 Å². The minimum atomic E-state index is -4.68. The van der Waals surface area contributed by atoms with Crippen molar-refractivity contribution >= 4 is 29.1 Å². The molecule has 3 unspecified atom stereocenters. The Labute approximate surface area is 143 Å². The molecule has 2 fully saturated rings. The fourth-order valence-corrected chi connectivity index (χ4v) is 3.46. The van der Waals surface area contributed by atoms with E-state index in [1.54, 1.807) is 27.7 Å². The Balaban J connectivity index is 2.22. The number of ketones is 2. The van der Waals surface area contributed by atoms with Crippen LogP contribution in [0.2, 0.25) is 0 Å². The van der Waals surface area contributed by atoms with Crippen LogP contribution in [0.4, 0.5) is 13.2 Å². The van der Waals surface area contributed by atoms with Gasteiger partial charge in [-0.3, -0.25) is 14.4 Å². The predicted octanol–water partition coefficient (Wildman–Crippen LogP) is 2.95.